The molecule has 1 aromatic rings. The summed E-state index contributed by atoms with van der Waals surface area (Å²) in [6.45, 7) is 2.26. The fraction of sp³-hybridized carbons (Fsp3) is 0.417. The maximum Gasteiger partial charge on any atom is 0.310 e. The van der Waals surface area contributed by atoms with Crippen molar-refractivity contribution in [3.63, 3.8) is 0 Å². The van der Waals surface area contributed by atoms with Gasteiger partial charge in [-0.15, -0.1) is 0 Å². The summed E-state index contributed by atoms with van der Waals surface area (Å²) in [5, 5.41) is 10.5. The average molecular weight is 252 g/mol. The van der Waals surface area contributed by atoms with Crippen LogP contribution in [-0.2, 0) is 9.53 Å². The molecule has 6 nitrogen and oxygen atoms in total. The number of hydrogen-bond donors (Lipinski definition) is 0. The summed E-state index contributed by atoms with van der Waals surface area (Å²) in [6.07, 6.45) is 0. The number of hydrogen-bond acceptors (Lipinski definition) is 5. The average Bonchev–Trinajstić information content (AvgIpc) is 2.37. The molecule has 0 aliphatic rings. The minimum Gasteiger partial charge on any atom is -0.469 e. The molecule has 0 radical (unpaired) electrons. The van der Waals surface area contributed by atoms with Crippen LogP contribution in [-0.4, -0.2) is 31.6 Å². The summed E-state index contributed by atoms with van der Waals surface area (Å²) in [5.74, 6) is -0.529. The number of anilines is 1. The number of benzene rings is 1. The zero-order valence-electron chi connectivity index (χ0n) is 10.6. The van der Waals surface area contributed by atoms with Crippen molar-refractivity contribution in [2.24, 2.45) is 5.92 Å². The van der Waals surface area contributed by atoms with Gasteiger partial charge in [0.1, 0.15) is 0 Å². The van der Waals surface area contributed by atoms with E-state index in [0.29, 0.717) is 6.54 Å². The maximum atomic E-state index is 11.3. The Morgan fingerprint density at radius 1 is 1.44 bits per heavy atom. The lowest BCUT2D eigenvalue weighted by Gasteiger charge is -2.22. The molecule has 0 N–H and O–H groups in total. The first kappa shape index (κ1) is 14.0. The largest absolute Gasteiger partial charge is 0.469 e. The van der Waals surface area contributed by atoms with Crippen LogP contribution in [0.4, 0.5) is 11.4 Å². The van der Waals surface area contributed by atoms with Crippen molar-refractivity contribution < 1.29 is 14.5 Å². The summed E-state index contributed by atoms with van der Waals surface area (Å²) < 4.78 is 4.64. The number of methoxy groups -OCH3 is 1. The molecule has 0 bridgehead atoms. The predicted molar refractivity (Wildman–Crippen MR) is 67.5 cm³/mol. The molecule has 0 spiro atoms. The van der Waals surface area contributed by atoms with E-state index >= 15 is 0 Å². The number of carbonyl (C=O) groups is 1. The Bertz CT molecular complexity index is 430. The molecule has 0 aliphatic heterocycles. The fourth-order valence-corrected chi connectivity index (χ4v) is 1.62. The third-order valence-corrected chi connectivity index (χ3v) is 2.65. The first-order valence-electron chi connectivity index (χ1n) is 5.49. The molecule has 0 fully saturated rings. The number of ether oxygens (including phenoxy) is 1. The molecule has 1 atom stereocenters. The van der Waals surface area contributed by atoms with E-state index in [-0.39, 0.29) is 17.6 Å². The topological polar surface area (TPSA) is 72.7 Å². The summed E-state index contributed by atoms with van der Waals surface area (Å²) >= 11 is 0. The van der Waals surface area contributed by atoms with Crippen LogP contribution in [0.1, 0.15) is 6.92 Å². The van der Waals surface area contributed by atoms with Gasteiger partial charge in [0, 0.05) is 31.4 Å². The van der Waals surface area contributed by atoms with E-state index in [4.69, 9.17) is 0 Å². The lowest BCUT2D eigenvalue weighted by molar-refractivity contribution is -0.384. The standard InChI is InChI=1S/C12H16N2O4/c1-9(12(15)18-3)8-13(2)10-4-6-11(7-5-10)14(16)17/h4-7,9H,8H2,1-3H3. The van der Waals surface area contributed by atoms with E-state index in [1.807, 2.05) is 11.9 Å². The lowest BCUT2D eigenvalue weighted by Crippen LogP contribution is -2.29. The van der Waals surface area contributed by atoms with Gasteiger partial charge in [-0.3, -0.25) is 14.9 Å². The van der Waals surface area contributed by atoms with Crippen molar-refractivity contribution >= 4 is 17.3 Å². The SMILES string of the molecule is COC(=O)C(C)CN(C)c1ccc([N+](=O)[O-])cc1. The third-order valence-electron chi connectivity index (χ3n) is 2.65. The number of non-ortho nitro benzene ring substituents is 1. The molecule has 0 saturated carbocycles. The minimum atomic E-state index is -0.444. The molecule has 0 heterocycles. The van der Waals surface area contributed by atoms with Gasteiger partial charge in [-0.2, -0.15) is 0 Å². The van der Waals surface area contributed by atoms with Gasteiger partial charge in [0.05, 0.1) is 18.0 Å². The van der Waals surface area contributed by atoms with Crippen molar-refractivity contribution in [1.82, 2.24) is 0 Å². The zero-order chi connectivity index (χ0) is 13.7. The number of carbonyl (C=O) groups excluding carboxylic acids is 1. The molecule has 0 amide bonds. The van der Waals surface area contributed by atoms with Crippen LogP contribution in [0.3, 0.4) is 0 Å². The molecule has 0 aliphatic carbocycles. The smallest absolute Gasteiger partial charge is 0.310 e. The number of rotatable bonds is 5. The normalized spacial score (nSPS) is 11.7. The molecular formula is C12H16N2O4. The van der Waals surface area contributed by atoms with Crippen LogP contribution in [0.5, 0.6) is 0 Å². The summed E-state index contributed by atoms with van der Waals surface area (Å²) in [6, 6.07) is 6.19. The second-order valence-electron chi connectivity index (χ2n) is 4.08. The molecule has 1 aromatic carbocycles. The van der Waals surface area contributed by atoms with Crippen LogP contribution in [0.2, 0.25) is 0 Å². The second-order valence-corrected chi connectivity index (χ2v) is 4.08. The van der Waals surface area contributed by atoms with Gasteiger partial charge in [-0.1, -0.05) is 6.92 Å². The summed E-state index contributed by atoms with van der Waals surface area (Å²) in [7, 11) is 3.17. The highest BCUT2D eigenvalue weighted by Crippen LogP contribution is 2.19. The van der Waals surface area contributed by atoms with Gasteiger partial charge in [0.25, 0.3) is 5.69 Å². The van der Waals surface area contributed by atoms with Crippen LogP contribution in [0.15, 0.2) is 24.3 Å². The van der Waals surface area contributed by atoms with Crippen molar-refractivity contribution in [2.45, 2.75) is 6.92 Å². The number of esters is 1. The molecule has 0 saturated heterocycles. The van der Waals surface area contributed by atoms with Crippen LogP contribution < -0.4 is 4.90 Å². The van der Waals surface area contributed by atoms with E-state index in [1.54, 1.807) is 19.1 Å². The fourth-order valence-electron chi connectivity index (χ4n) is 1.62. The highest BCUT2D eigenvalue weighted by atomic mass is 16.6. The van der Waals surface area contributed by atoms with E-state index in [2.05, 4.69) is 4.74 Å². The van der Waals surface area contributed by atoms with E-state index < -0.39 is 4.92 Å². The molecular weight excluding hydrogens is 236 g/mol. The first-order chi connectivity index (χ1) is 8.45. The van der Waals surface area contributed by atoms with Gasteiger partial charge < -0.3 is 9.64 Å². The Labute approximate surface area is 105 Å². The van der Waals surface area contributed by atoms with Crippen molar-refractivity contribution in [3.05, 3.63) is 34.4 Å². The summed E-state index contributed by atoms with van der Waals surface area (Å²) in [5.41, 5.74) is 0.865. The van der Waals surface area contributed by atoms with Gasteiger partial charge in [-0.25, -0.2) is 0 Å². The molecule has 18 heavy (non-hydrogen) atoms. The molecule has 6 heteroatoms. The van der Waals surface area contributed by atoms with Crippen molar-refractivity contribution in [2.75, 3.05) is 25.6 Å². The van der Waals surface area contributed by atoms with Gasteiger partial charge in [0.2, 0.25) is 0 Å². The zero-order valence-corrected chi connectivity index (χ0v) is 10.6. The second kappa shape index (κ2) is 6.00. The Morgan fingerprint density at radius 2 is 2.00 bits per heavy atom. The van der Waals surface area contributed by atoms with Crippen LogP contribution in [0, 0.1) is 16.0 Å². The van der Waals surface area contributed by atoms with E-state index in [9.17, 15) is 14.9 Å². The Kier molecular flexibility index (Phi) is 4.65. The van der Waals surface area contributed by atoms with E-state index in [0.717, 1.165) is 5.69 Å². The first-order valence-corrected chi connectivity index (χ1v) is 5.49. The van der Waals surface area contributed by atoms with Crippen LogP contribution >= 0.6 is 0 Å². The Morgan fingerprint density at radius 3 is 2.44 bits per heavy atom. The molecule has 1 unspecified atom stereocenters. The quantitative estimate of drug-likeness (QED) is 0.454. The number of nitrogens with zero attached hydrogens (tertiary/aromatic N) is 2. The number of nitro benzene ring substituents is 1. The Hall–Kier alpha value is -2.11. The highest BCUT2D eigenvalue weighted by molar-refractivity contribution is 5.72. The lowest BCUT2D eigenvalue weighted by atomic mass is 10.1. The van der Waals surface area contributed by atoms with Gasteiger partial charge >= 0.3 is 5.97 Å². The molecule has 0 aromatic heterocycles. The minimum absolute atomic E-state index is 0.0492. The number of nitro groups is 1. The van der Waals surface area contributed by atoms with Crippen LogP contribution in [0.25, 0.3) is 0 Å². The predicted octanol–water partition coefficient (Wildman–Crippen LogP) is 1.84. The van der Waals surface area contributed by atoms with E-state index in [1.165, 1.54) is 19.2 Å². The third kappa shape index (κ3) is 3.44. The van der Waals surface area contributed by atoms with Crippen molar-refractivity contribution in [1.29, 1.82) is 0 Å². The Balaban J connectivity index is 2.69. The summed E-state index contributed by atoms with van der Waals surface area (Å²) in [4.78, 5) is 23.2. The van der Waals surface area contributed by atoms with Crippen molar-refractivity contribution in [3.8, 4) is 0 Å². The monoisotopic (exact) mass is 252 g/mol. The van der Waals surface area contributed by atoms with Gasteiger partial charge in [0.15, 0.2) is 0 Å². The highest BCUT2D eigenvalue weighted by Gasteiger charge is 2.16. The molecule has 98 valence electrons. The van der Waals surface area contributed by atoms with Gasteiger partial charge in [-0.05, 0) is 12.1 Å². The molecule has 1 rings (SSSR count). The maximum absolute atomic E-state index is 11.3.